The van der Waals surface area contributed by atoms with Crippen molar-refractivity contribution in [1.29, 1.82) is 0 Å². The predicted octanol–water partition coefficient (Wildman–Crippen LogP) is 3.35. The van der Waals surface area contributed by atoms with Crippen LogP contribution in [0, 0.1) is 34.6 Å². The summed E-state index contributed by atoms with van der Waals surface area (Å²) in [6.45, 7) is 11.2. The predicted molar refractivity (Wildman–Crippen MR) is 93.7 cm³/mol. The Morgan fingerprint density at radius 3 is 1.65 bits per heavy atom. The van der Waals surface area contributed by atoms with E-state index in [1.54, 1.807) is 5.19 Å². The lowest BCUT2D eigenvalue weighted by Gasteiger charge is -2.24. The van der Waals surface area contributed by atoms with Gasteiger partial charge in [0.25, 0.3) is 0 Å². The molecule has 0 fully saturated rings. The van der Waals surface area contributed by atoms with Gasteiger partial charge >= 0.3 is 0 Å². The van der Waals surface area contributed by atoms with Crippen molar-refractivity contribution in [1.82, 2.24) is 0 Å². The fourth-order valence-electron chi connectivity index (χ4n) is 3.07. The van der Waals surface area contributed by atoms with Gasteiger partial charge in [0.05, 0.1) is 0 Å². The molecule has 0 aliphatic heterocycles. The van der Waals surface area contributed by atoms with Gasteiger partial charge in [0.15, 0.2) is 0 Å². The second kappa shape index (κ2) is 6.15. The van der Waals surface area contributed by atoms with E-state index in [4.69, 9.17) is 11.6 Å². The Kier molecular flexibility index (Phi) is 4.72. The number of alkyl halides is 1. The van der Waals surface area contributed by atoms with Crippen molar-refractivity contribution < 1.29 is 0 Å². The molecule has 2 heteroatoms. The lowest BCUT2D eigenvalue weighted by Crippen LogP contribution is -2.47. The molecule has 0 heterocycles. The molecule has 0 amide bonds. The van der Waals surface area contributed by atoms with Gasteiger partial charge in [-0.2, -0.15) is 0 Å². The lowest BCUT2D eigenvalue weighted by molar-refractivity contribution is 1.19. The molecule has 2 aromatic rings. The van der Waals surface area contributed by atoms with Gasteiger partial charge in [-0.05, 0) is 62.4 Å². The molecule has 0 saturated heterocycles. The molecule has 0 saturated carbocycles. The van der Waals surface area contributed by atoms with Crippen LogP contribution in [-0.2, 0) is 0 Å². The van der Waals surface area contributed by atoms with Crippen molar-refractivity contribution in [2.45, 2.75) is 34.6 Å². The number of hydrogen-bond acceptors (Lipinski definition) is 0. The maximum Gasteiger partial charge on any atom is 0.118 e. The lowest BCUT2D eigenvalue weighted by atomic mass is 9.95. The third-order valence-corrected chi connectivity index (χ3v) is 8.75. The SMILES string of the molecule is Cc1c(C)c(C)c([SiH](CCl)c2ccccc2)c(C)c1C. The van der Waals surface area contributed by atoms with E-state index >= 15 is 0 Å². The fourth-order valence-corrected chi connectivity index (χ4v) is 6.90. The second-order valence-electron chi connectivity index (χ2n) is 5.66. The van der Waals surface area contributed by atoms with Gasteiger partial charge in [-0.15, -0.1) is 11.6 Å². The van der Waals surface area contributed by atoms with Gasteiger partial charge in [0, 0.05) is 5.50 Å². The van der Waals surface area contributed by atoms with Crippen LogP contribution in [0.3, 0.4) is 0 Å². The van der Waals surface area contributed by atoms with Gasteiger partial charge in [0.1, 0.15) is 8.80 Å². The first kappa shape index (κ1) is 15.3. The molecule has 1 unspecified atom stereocenters. The molecule has 2 rings (SSSR count). The highest BCUT2D eigenvalue weighted by molar-refractivity contribution is 6.90. The van der Waals surface area contributed by atoms with E-state index in [1.165, 1.54) is 33.0 Å². The van der Waals surface area contributed by atoms with Gasteiger partial charge in [0.2, 0.25) is 0 Å². The molecule has 0 N–H and O–H groups in total. The first-order valence-electron chi connectivity index (χ1n) is 7.16. The van der Waals surface area contributed by atoms with E-state index in [2.05, 4.69) is 65.0 Å². The van der Waals surface area contributed by atoms with Crippen LogP contribution in [0.5, 0.6) is 0 Å². The largest absolute Gasteiger partial charge is 0.130 e. The molecule has 0 nitrogen and oxygen atoms in total. The maximum atomic E-state index is 6.39. The highest BCUT2D eigenvalue weighted by atomic mass is 35.5. The maximum absolute atomic E-state index is 6.39. The zero-order valence-electron chi connectivity index (χ0n) is 13.0. The molecule has 0 aliphatic rings. The summed E-state index contributed by atoms with van der Waals surface area (Å²) in [4.78, 5) is 0. The summed E-state index contributed by atoms with van der Waals surface area (Å²) in [7, 11) is -1.32. The highest BCUT2D eigenvalue weighted by Crippen LogP contribution is 2.20. The van der Waals surface area contributed by atoms with E-state index in [0.29, 0.717) is 0 Å². The average molecular weight is 303 g/mol. The van der Waals surface area contributed by atoms with E-state index < -0.39 is 8.80 Å². The third-order valence-electron chi connectivity index (χ3n) is 4.76. The third kappa shape index (κ3) is 2.57. The van der Waals surface area contributed by atoms with Crippen molar-refractivity contribution in [3.8, 4) is 0 Å². The average Bonchev–Trinajstić information content (AvgIpc) is 2.48. The molecule has 1 atom stereocenters. The molecular weight excluding hydrogens is 280 g/mol. The standard InChI is InChI=1S/C18H23ClSi/c1-12-13(2)15(4)18(16(5)14(12)3)20(11-19)17-9-7-6-8-10-17/h6-10,20H,11H2,1-5H3. The minimum atomic E-state index is -1.32. The van der Waals surface area contributed by atoms with Crippen LogP contribution in [0.15, 0.2) is 30.3 Å². The number of hydrogen-bond donors (Lipinski definition) is 0. The Hall–Kier alpha value is -1.05. The summed E-state index contributed by atoms with van der Waals surface area (Å²) >= 11 is 6.39. The molecule has 0 bridgehead atoms. The summed E-state index contributed by atoms with van der Waals surface area (Å²) in [5.41, 5.74) is 7.95. The summed E-state index contributed by atoms with van der Waals surface area (Å²) in [5, 5.41) is 2.99. The monoisotopic (exact) mass is 302 g/mol. The van der Waals surface area contributed by atoms with Crippen molar-refractivity contribution in [2.24, 2.45) is 0 Å². The minimum absolute atomic E-state index is 0.758. The molecule has 0 spiro atoms. The van der Waals surface area contributed by atoms with Crippen molar-refractivity contribution in [3.63, 3.8) is 0 Å². The minimum Gasteiger partial charge on any atom is -0.130 e. The van der Waals surface area contributed by atoms with Crippen molar-refractivity contribution in [2.75, 3.05) is 5.50 Å². The first-order chi connectivity index (χ1) is 9.49. The molecule has 2 aromatic carbocycles. The van der Waals surface area contributed by atoms with E-state index in [1.807, 2.05) is 0 Å². The quantitative estimate of drug-likeness (QED) is 0.602. The second-order valence-corrected chi connectivity index (χ2v) is 9.24. The van der Waals surface area contributed by atoms with E-state index in [0.717, 1.165) is 5.50 Å². The van der Waals surface area contributed by atoms with Crippen LogP contribution in [0.2, 0.25) is 0 Å². The Bertz CT molecular complexity index is 588. The Labute approximate surface area is 129 Å². The zero-order chi connectivity index (χ0) is 14.9. The molecular formula is C18H23ClSi. The molecule has 20 heavy (non-hydrogen) atoms. The number of halogens is 1. The summed E-state index contributed by atoms with van der Waals surface area (Å²) < 4.78 is 0. The van der Waals surface area contributed by atoms with Crippen LogP contribution in [0.4, 0.5) is 0 Å². The van der Waals surface area contributed by atoms with Crippen molar-refractivity contribution in [3.05, 3.63) is 58.1 Å². The first-order valence-corrected chi connectivity index (χ1v) is 9.67. The number of rotatable bonds is 3. The topological polar surface area (TPSA) is 0 Å². The molecule has 0 radical (unpaired) electrons. The van der Waals surface area contributed by atoms with E-state index in [9.17, 15) is 0 Å². The van der Waals surface area contributed by atoms with Crippen LogP contribution in [0.1, 0.15) is 27.8 Å². The fraction of sp³-hybridized carbons (Fsp3) is 0.333. The molecule has 0 aliphatic carbocycles. The van der Waals surface area contributed by atoms with Crippen LogP contribution >= 0.6 is 11.6 Å². The normalized spacial score (nSPS) is 12.5. The van der Waals surface area contributed by atoms with Gasteiger partial charge < -0.3 is 0 Å². The summed E-state index contributed by atoms with van der Waals surface area (Å²) in [6, 6.07) is 10.8. The van der Waals surface area contributed by atoms with Gasteiger partial charge in [-0.1, -0.05) is 40.7 Å². The van der Waals surface area contributed by atoms with Gasteiger partial charge in [-0.3, -0.25) is 0 Å². The number of benzene rings is 2. The molecule has 106 valence electrons. The van der Waals surface area contributed by atoms with Crippen LogP contribution < -0.4 is 10.4 Å². The highest BCUT2D eigenvalue weighted by Gasteiger charge is 2.22. The van der Waals surface area contributed by atoms with Crippen LogP contribution in [0.25, 0.3) is 0 Å². The summed E-state index contributed by atoms with van der Waals surface area (Å²) in [5.74, 6) is 0. The Balaban J connectivity index is 2.68. The summed E-state index contributed by atoms with van der Waals surface area (Å²) in [6.07, 6.45) is 0. The zero-order valence-corrected chi connectivity index (χ0v) is 15.0. The van der Waals surface area contributed by atoms with E-state index in [-0.39, 0.29) is 0 Å². The van der Waals surface area contributed by atoms with Crippen molar-refractivity contribution >= 4 is 30.8 Å². The smallest absolute Gasteiger partial charge is 0.118 e. The molecule has 0 aromatic heterocycles. The van der Waals surface area contributed by atoms with Crippen LogP contribution in [-0.4, -0.2) is 14.3 Å². The Morgan fingerprint density at radius 1 is 0.750 bits per heavy atom. The van der Waals surface area contributed by atoms with Gasteiger partial charge in [-0.25, -0.2) is 0 Å². The Morgan fingerprint density at radius 2 is 1.20 bits per heavy atom.